The zero-order valence-corrected chi connectivity index (χ0v) is 25.0. The molecule has 2 atom stereocenters. The first-order valence-corrected chi connectivity index (χ1v) is 14.6. The summed E-state index contributed by atoms with van der Waals surface area (Å²) in [5, 5.41) is 12.1. The molecule has 0 aromatic heterocycles. The van der Waals surface area contributed by atoms with Gasteiger partial charge in [-0.05, 0) is 98.2 Å². The van der Waals surface area contributed by atoms with Crippen LogP contribution in [0.15, 0.2) is 60.7 Å². The van der Waals surface area contributed by atoms with Crippen molar-refractivity contribution in [2.75, 3.05) is 25.1 Å². The molecule has 0 aliphatic carbocycles. The highest BCUT2D eigenvalue weighted by atomic mass is 35.5. The van der Waals surface area contributed by atoms with Gasteiger partial charge < -0.3 is 24.4 Å². The van der Waals surface area contributed by atoms with Gasteiger partial charge in [0, 0.05) is 23.8 Å². The highest BCUT2D eigenvalue weighted by Gasteiger charge is 2.39. The molecule has 0 saturated carbocycles. The number of rotatable bonds is 7. The first-order chi connectivity index (χ1) is 20.0. The molecule has 1 saturated heterocycles. The first-order valence-electron chi connectivity index (χ1n) is 14.2. The van der Waals surface area contributed by atoms with Gasteiger partial charge >= 0.3 is 6.16 Å². The van der Waals surface area contributed by atoms with Crippen LogP contribution in [0.5, 0.6) is 11.5 Å². The van der Waals surface area contributed by atoms with E-state index >= 15 is 0 Å². The summed E-state index contributed by atoms with van der Waals surface area (Å²) in [4.78, 5) is 27.9. The van der Waals surface area contributed by atoms with Crippen LogP contribution in [0.2, 0.25) is 5.02 Å². The van der Waals surface area contributed by atoms with E-state index in [-0.39, 0.29) is 37.4 Å². The molecule has 2 amide bonds. The van der Waals surface area contributed by atoms with Gasteiger partial charge in [-0.25, -0.2) is 4.79 Å². The molecule has 1 N–H and O–H groups in total. The number of benzene rings is 3. The molecule has 42 heavy (non-hydrogen) atoms. The predicted molar refractivity (Wildman–Crippen MR) is 160 cm³/mol. The highest BCUT2D eigenvalue weighted by molar-refractivity contribution is 6.30. The van der Waals surface area contributed by atoms with Crippen molar-refractivity contribution in [1.29, 1.82) is 0 Å². The number of carbonyl (C=O) groups excluding carboxylic acids is 2. The minimum absolute atomic E-state index is 0.0720. The molecule has 1 unspecified atom stereocenters. The Bertz CT molecular complexity index is 1450. The fraction of sp³-hybridized carbons (Fsp3) is 0.394. The normalized spacial score (nSPS) is 19.0. The van der Waals surface area contributed by atoms with Gasteiger partial charge in [-0.2, -0.15) is 0 Å². The van der Waals surface area contributed by atoms with Crippen molar-refractivity contribution in [3.63, 3.8) is 0 Å². The third kappa shape index (κ3) is 5.83. The third-order valence-electron chi connectivity index (χ3n) is 8.41. The van der Waals surface area contributed by atoms with Gasteiger partial charge in [0.05, 0.1) is 31.3 Å². The van der Waals surface area contributed by atoms with Crippen LogP contribution >= 0.6 is 11.6 Å². The van der Waals surface area contributed by atoms with Crippen molar-refractivity contribution in [2.45, 2.75) is 57.8 Å². The van der Waals surface area contributed by atoms with Crippen LogP contribution in [0.25, 0.3) is 0 Å². The Morgan fingerprint density at radius 2 is 1.69 bits per heavy atom. The van der Waals surface area contributed by atoms with Gasteiger partial charge in [0.25, 0.3) is 0 Å². The van der Waals surface area contributed by atoms with Gasteiger partial charge in [-0.15, -0.1) is 4.39 Å². The average molecular weight is 595 g/mol. The summed E-state index contributed by atoms with van der Waals surface area (Å²) in [6.07, 6.45) is -0.328. The molecule has 2 aliphatic heterocycles. The number of hydrogen-bond donors (Lipinski definition) is 1. The summed E-state index contributed by atoms with van der Waals surface area (Å²) in [7, 11) is 1.59. The molecule has 2 aliphatic rings. The van der Waals surface area contributed by atoms with Crippen LogP contribution < -0.4 is 14.4 Å². The van der Waals surface area contributed by atoms with Crippen LogP contribution in [0, 0.1) is 5.92 Å². The maximum absolute atomic E-state index is 13.8. The molecular weight excluding hydrogens is 559 g/mol. The molecule has 0 spiro atoms. The van der Waals surface area contributed by atoms with Crippen molar-refractivity contribution < 1.29 is 28.6 Å². The lowest BCUT2D eigenvalue weighted by molar-refractivity contribution is -0.118. The Labute approximate surface area is 250 Å². The number of aliphatic hydroxyl groups is 1. The molecule has 5 rings (SSSR count). The maximum atomic E-state index is 13.8. The minimum Gasteiger partial charge on any atom is -0.493 e. The van der Waals surface area contributed by atoms with Crippen molar-refractivity contribution in [3.8, 4) is 11.5 Å². The van der Waals surface area contributed by atoms with Crippen molar-refractivity contribution in [3.05, 3.63) is 87.9 Å². The number of anilines is 1. The number of nitrogens with zero attached hydrogens (tertiary/aromatic N) is 2. The van der Waals surface area contributed by atoms with Gasteiger partial charge in [0.2, 0.25) is 5.91 Å². The molecule has 222 valence electrons. The van der Waals surface area contributed by atoms with Crippen molar-refractivity contribution in [1.82, 2.24) is 4.90 Å². The van der Waals surface area contributed by atoms with Crippen LogP contribution in [-0.4, -0.2) is 48.4 Å². The summed E-state index contributed by atoms with van der Waals surface area (Å²) in [6.45, 7) is 6.19. The number of methoxy groups -OCH3 is 1. The second-order valence-electron chi connectivity index (χ2n) is 11.5. The van der Waals surface area contributed by atoms with Crippen LogP contribution in [0.4, 0.5) is 14.9 Å². The number of hydrogen-bond acceptors (Lipinski definition) is 5. The number of likely N-dealkylation sites (tertiary alicyclic amines) is 1. The molecule has 9 heteroatoms. The molecule has 7 nitrogen and oxygen atoms in total. The topological polar surface area (TPSA) is 79.3 Å². The lowest BCUT2D eigenvalue weighted by atomic mass is 9.77. The Hall–Kier alpha value is -3.62. The summed E-state index contributed by atoms with van der Waals surface area (Å²) >= 11 is 6.22. The number of fused-ring (bicyclic) bond motifs is 1. The fourth-order valence-electron chi connectivity index (χ4n) is 6.14. The fourth-order valence-corrected chi connectivity index (χ4v) is 6.27. The third-order valence-corrected chi connectivity index (χ3v) is 8.66. The number of ether oxygens (including phenoxy) is 2. The van der Waals surface area contributed by atoms with E-state index in [2.05, 4.69) is 0 Å². The van der Waals surface area contributed by atoms with E-state index in [1.165, 1.54) is 4.90 Å². The Morgan fingerprint density at radius 3 is 2.26 bits per heavy atom. The quantitative estimate of drug-likeness (QED) is 0.240. The summed E-state index contributed by atoms with van der Waals surface area (Å²) in [5.41, 5.74) is 2.88. The van der Waals surface area contributed by atoms with Gasteiger partial charge in [-0.1, -0.05) is 35.9 Å². The van der Waals surface area contributed by atoms with E-state index in [0.29, 0.717) is 40.6 Å². The summed E-state index contributed by atoms with van der Waals surface area (Å²) < 4.78 is 24.8. The van der Waals surface area contributed by atoms with E-state index in [1.54, 1.807) is 18.9 Å². The molecular formula is C33H36ClFN2O5. The SMILES string of the molecule is COc1cc2c(cc1OC(C)C)[C@H](c1ccc(Cl)cc1)N(c1ccc(C(C)(O)C3CCN(C(=O)F)CC3)cc1)C(=O)C2. The molecule has 3 aromatic carbocycles. The Morgan fingerprint density at radius 1 is 1.05 bits per heavy atom. The van der Waals surface area contributed by atoms with Crippen LogP contribution in [-0.2, 0) is 16.8 Å². The Kier molecular flexibility index (Phi) is 8.49. The van der Waals surface area contributed by atoms with Gasteiger partial charge in [0.15, 0.2) is 11.5 Å². The highest BCUT2D eigenvalue weighted by Crippen LogP contribution is 2.44. The lowest BCUT2D eigenvalue weighted by Crippen LogP contribution is -2.43. The van der Waals surface area contributed by atoms with E-state index in [0.717, 1.165) is 16.7 Å². The number of carbonyl (C=O) groups is 2. The van der Waals surface area contributed by atoms with Gasteiger partial charge in [-0.3, -0.25) is 4.79 Å². The van der Waals surface area contributed by atoms with E-state index in [4.69, 9.17) is 21.1 Å². The molecule has 3 aromatic rings. The Balaban J connectivity index is 1.52. The molecule has 2 heterocycles. The number of piperidine rings is 1. The molecule has 0 bridgehead atoms. The predicted octanol–water partition coefficient (Wildman–Crippen LogP) is 6.82. The van der Waals surface area contributed by atoms with Gasteiger partial charge in [0.1, 0.15) is 0 Å². The standard InChI is InChI=1S/C33H36ClFN2O5/c1-20(2)42-29-19-27-22(17-28(29)41-4)18-30(38)37(31(27)21-5-9-25(34)10-6-21)26-11-7-23(8-12-26)33(3,40)24-13-15-36(16-14-24)32(35)39/h5-12,17,19-20,24,31,40H,13-16,18H2,1-4H3/t31-,33?/m0/s1. The first kappa shape index (κ1) is 29.9. The average Bonchev–Trinajstić information content (AvgIpc) is 2.96. The lowest BCUT2D eigenvalue weighted by Gasteiger charge is -2.40. The number of halogens is 2. The van der Waals surface area contributed by atoms with Crippen molar-refractivity contribution in [2.24, 2.45) is 5.92 Å². The summed E-state index contributed by atoms with van der Waals surface area (Å²) in [6, 6.07) is 18.2. The van der Waals surface area contributed by atoms with Crippen molar-refractivity contribution >= 4 is 29.4 Å². The summed E-state index contributed by atoms with van der Waals surface area (Å²) in [5.74, 6) is 0.960. The zero-order valence-electron chi connectivity index (χ0n) is 24.3. The van der Waals surface area contributed by atoms with Crippen LogP contribution in [0.1, 0.15) is 61.9 Å². The minimum atomic E-state index is -1.43. The second kappa shape index (κ2) is 11.9. The van der Waals surface area contributed by atoms with Crippen LogP contribution in [0.3, 0.4) is 0 Å². The molecule has 1 fully saturated rings. The van der Waals surface area contributed by atoms with E-state index in [9.17, 15) is 19.1 Å². The monoisotopic (exact) mass is 594 g/mol. The van der Waals surface area contributed by atoms with E-state index in [1.807, 2.05) is 74.5 Å². The zero-order chi connectivity index (χ0) is 30.2. The largest absolute Gasteiger partial charge is 0.493 e. The smallest absolute Gasteiger partial charge is 0.400 e. The number of amides is 2. The maximum Gasteiger partial charge on any atom is 0.400 e. The second-order valence-corrected chi connectivity index (χ2v) is 11.9. The van der Waals surface area contributed by atoms with E-state index < -0.39 is 17.8 Å². The molecule has 0 radical (unpaired) electrons.